The third-order valence-corrected chi connectivity index (χ3v) is 9.38. The van der Waals surface area contributed by atoms with E-state index in [9.17, 15) is 14.4 Å². The highest BCUT2D eigenvalue weighted by Gasteiger charge is 2.54. The van der Waals surface area contributed by atoms with Gasteiger partial charge in [0.2, 0.25) is 5.91 Å². The minimum absolute atomic E-state index is 0. The Morgan fingerprint density at radius 3 is 2.17 bits per heavy atom. The first-order valence-electron chi connectivity index (χ1n) is 14.2. The molecule has 1 aromatic carbocycles. The van der Waals surface area contributed by atoms with Crippen molar-refractivity contribution in [3.63, 3.8) is 0 Å². The molecule has 41 heavy (non-hydrogen) atoms. The lowest BCUT2D eigenvalue weighted by molar-refractivity contribution is -0.139. The summed E-state index contributed by atoms with van der Waals surface area (Å²) in [5, 5.41) is 3.07. The summed E-state index contributed by atoms with van der Waals surface area (Å²) in [5.41, 5.74) is 1.87. The Balaban J connectivity index is 0.00000147. The van der Waals surface area contributed by atoms with Gasteiger partial charge in [-0.15, -0.1) is 0 Å². The highest BCUT2D eigenvalue weighted by Crippen LogP contribution is 2.35. The summed E-state index contributed by atoms with van der Waals surface area (Å²) in [6, 6.07) is 7.52. The van der Waals surface area contributed by atoms with Crippen molar-refractivity contribution >= 4 is 71.6 Å². The Kier molecular flexibility index (Phi) is 13.9. The third-order valence-electron chi connectivity index (χ3n) is 9.38. The molecule has 3 saturated heterocycles. The number of ketones is 1. The number of fused-ring (bicyclic) bond motifs is 1. The van der Waals surface area contributed by atoms with Gasteiger partial charge >= 0.3 is 0 Å². The van der Waals surface area contributed by atoms with E-state index in [-0.39, 0.29) is 90.2 Å². The number of rotatable bonds is 7. The van der Waals surface area contributed by atoms with Gasteiger partial charge in [0.05, 0.1) is 6.54 Å². The van der Waals surface area contributed by atoms with E-state index in [0.717, 1.165) is 31.7 Å². The van der Waals surface area contributed by atoms with Crippen molar-refractivity contribution in [1.82, 2.24) is 15.1 Å². The summed E-state index contributed by atoms with van der Waals surface area (Å²) in [7, 11) is 1.58. The average molecular weight is 646 g/mol. The van der Waals surface area contributed by atoms with E-state index >= 15 is 0 Å². The van der Waals surface area contributed by atoms with Crippen molar-refractivity contribution in [3.05, 3.63) is 35.4 Å². The molecule has 8 nitrogen and oxygen atoms in total. The van der Waals surface area contributed by atoms with Gasteiger partial charge in [-0.2, -0.15) is 54.0 Å². The SMILES string of the molecule is CO[C@H]1CN(C(=O)[C@@H](NC(=O)c2ccc(C3CCN(C4CC4)CC3)cc2)C2CCCC2)[C@@H]2C(=O)CO[C@H]12.S.S.S.S. The molecule has 5 aliphatic rings. The first-order chi connectivity index (χ1) is 18.0. The molecule has 2 amide bonds. The number of amides is 2. The van der Waals surface area contributed by atoms with Gasteiger partial charge in [-0.05, 0) is 81.1 Å². The number of methoxy groups -OCH3 is 1. The number of ether oxygens (including phenoxy) is 2. The number of piperidine rings is 1. The van der Waals surface area contributed by atoms with Crippen LogP contribution in [0.4, 0.5) is 0 Å². The molecule has 0 radical (unpaired) electrons. The largest absolute Gasteiger partial charge is 0.377 e. The predicted molar refractivity (Wildman–Crippen MR) is 179 cm³/mol. The molecule has 6 rings (SSSR count). The minimum atomic E-state index is -0.647. The Bertz CT molecular complexity index is 1030. The van der Waals surface area contributed by atoms with Crippen LogP contribution in [0, 0.1) is 5.92 Å². The van der Waals surface area contributed by atoms with Gasteiger partial charge in [-0.25, -0.2) is 0 Å². The van der Waals surface area contributed by atoms with Crippen LogP contribution >= 0.6 is 54.0 Å². The number of hydrogen-bond donors (Lipinski definition) is 1. The maximum atomic E-state index is 13.8. The molecule has 2 aliphatic carbocycles. The maximum absolute atomic E-state index is 13.8. The Labute approximate surface area is 271 Å². The Morgan fingerprint density at radius 1 is 0.951 bits per heavy atom. The smallest absolute Gasteiger partial charge is 0.251 e. The fourth-order valence-electron chi connectivity index (χ4n) is 7.07. The molecule has 4 atom stereocenters. The van der Waals surface area contributed by atoms with E-state index in [4.69, 9.17) is 9.47 Å². The molecule has 0 unspecified atom stereocenters. The van der Waals surface area contributed by atoms with Gasteiger partial charge in [0.25, 0.3) is 5.91 Å². The molecule has 1 aromatic rings. The van der Waals surface area contributed by atoms with Crippen LogP contribution in [-0.2, 0) is 19.1 Å². The second-order valence-electron chi connectivity index (χ2n) is 11.6. The number of nitrogens with one attached hydrogen (secondary N) is 1. The summed E-state index contributed by atoms with van der Waals surface area (Å²) in [5.74, 6) is 0.113. The highest BCUT2D eigenvalue weighted by molar-refractivity contribution is 7.59. The monoisotopic (exact) mass is 645 g/mol. The number of carbonyl (C=O) groups is 3. The minimum Gasteiger partial charge on any atom is -0.377 e. The third kappa shape index (κ3) is 7.61. The van der Waals surface area contributed by atoms with E-state index in [2.05, 4.69) is 22.3 Å². The van der Waals surface area contributed by atoms with Crippen LogP contribution in [-0.4, -0.2) is 91.1 Å². The molecule has 0 bridgehead atoms. The van der Waals surface area contributed by atoms with Crippen molar-refractivity contribution in [3.8, 4) is 0 Å². The van der Waals surface area contributed by atoms with Crippen LogP contribution in [0.25, 0.3) is 0 Å². The first kappa shape index (κ1) is 36.3. The van der Waals surface area contributed by atoms with E-state index in [0.29, 0.717) is 18.0 Å². The molecule has 3 aliphatic heterocycles. The summed E-state index contributed by atoms with van der Waals surface area (Å²) < 4.78 is 11.2. The number of Topliss-reactive ketones (excluding diaryl/α,β-unsaturated/α-hetero) is 1. The van der Waals surface area contributed by atoms with Crippen LogP contribution in [0.5, 0.6) is 0 Å². The lowest BCUT2D eigenvalue weighted by Gasteiger charge is -2.32. The molecular weight excluding hydrogens is 599 g/mol. The summed E-state index contributed by atoms with van der Waals surface area (Å²) >= 11 is 0. The van der Waals surface area contributed by atoms with Gasteiger partial charge in [0.15, 0.2) is 5.78 Å². The van der Waals surface area contributed by atoms with E-state index in [1.165, 1.54) is 44.3 Å². The molecular formula is C29H47N3O5S4. The zero-order valence-electron chi connectivity index (χ0n) is 23.8. The zero-order chi connectivity index (χ0) is 25.5. The maximum Gasteiger partial charge on any atom is 0.251 e. The lowest BCUT2D eigenvalue weighted by atomic mass is 9.89. The van der Waals surface area contributed by atoms with Gasteiger partial charge in [0.1, 0.15) is 30.9 Å². The Hall–Kier alpha value is -0.890. The van der Waals surface area contributed by atoms with E-state index in [1.807, 2.05) is 12.1 Å². The van der Waals surface area contributed by atoms with Crippen LogP contribution in [0.1, 0.15) is 73.2 Å². The number of nitrogens with zero attached hydrogens (tertiary/aromatic N) is 2. The molecule has 3 heterocycles. The van der Waals surface area contributed by atoms with Gasteiger partial charge < -0.3 is 24.6 Å². The highest BCUT2D eigenvalue weighted by atomic mass is 32.1. The van der Waals surface area contributed by atoms with Crippen LogP contribution < -0.4 is 5.32 Å². The Morgan fingerprint density at radius 2 is 1.59 bits per heavy atom. The van der Waals surface area contributed by atoms with Crippen molar-refractivity contribution in [2.24, 2.45) is 5.92 Å². The first-order valence-corrected chi connectivity index (χ1v) is 14.2. The molecule has 2 saturated carbocycles. The van der Waals surface area contributed by atoms with Crippen molar-refractivity contribution < 1.29 is 23.9 Å². The normalized spacial score (nSPS) is 27.1. The van der Waals surface area contributed by atoms with Crippen LogP contribution in [0.3, 0.4) is 0 Å². The summed E-state index contributed by atoms with van der Waals surface area (Å²) in [6.07, 6.45) is 8.19. The van der Waals surface area contributed by atoms with Gasteiger partial charge in [0, 0.05) is 18.7 Å². The van der Waals surface area contributed by atoms with Gasteiger partial charge in [-0.3, -0.25) is 14.4 Å². The number of benzene rings is 1. The summed E-state index contributed by atoms with van der Waals surface area (Å²) in [4.78, 5) is 44.0. The van der Waals surface area contributed by atoms with E-state index < -0.39 is 18.2 Å². The standard InChI is InChI=1S/C29H39N3O5.4H2S/c1-36-24-16-32(26-23(33)17-37-27(24)26)29(35)25(20-4-2-3-5-20)30-28(34)21-8-6-18(7-9-21)19-12-14-31(15-13-19)22-10-11-22;;;;/h6-9,19-20,22,24-27H,2-5,10-17H2,1H3,(H,30,34);4*1H2/t24-,25-,26+,27+;;;;/m0..../s1. The molecule has 232 valence electrons. The van der Waals surface area contributed by atoms with E-state index in [1.54, 1.807) is 12.0 Å². The number of likely N-dealkylation sites (tertiary alicyclic amines) is 2. The molecule has 12 heteroatoms. The predicted octanol–water partition coefficient (Wildman–Crippen LogP) is 2.96. The topological polar surface area (TPSA) is 88.2 Å². The molecule has 0 spiro atoms. The second-order valence-corrected chi connectivity index (χ2v) is 11.6. The fourth-order valence-corrected chi connectivity index (χ4v) is 7.07. The van der Waals surface area contributed by atoms with Gasteiger partial charge in [-0.1, -0.05) is 25.0 Å². The molecule has 5 fully saturated rings. The number of hydrogen-bond acceptors (Lipinski definition) is 6. The van der Waals surface area contributed by atoms with Crippen molar-refractivity contribution in [1.29, 1.82) is 0 Å². The van der Waals surface area contributed by atoms with Crippen molar-refractivity contribution in [2.45, 2.75) is 87.6 Å². The second kappa shape index (κ2) is 15.7. The van der Waals surface area contributed by atoms with Crippen LogP contribution in [0.2, 0.25) is 0 Å². The lowest BCUT2D eigenvalue weighted by Crippen LogP contribution is -2.54. The average Bonchev–Trinajstić information content (AvgIpc) is 3.32. The van der Waals surface area contributed by atoms with Crippen molar-refractivity contribution in [2.75, 3.05) is 33.4 Å². The number of carbonyl (C=O) groups excluding carboxylic acids is 3. The van der Waals surface area contributed by atoms with Crippen LogP contribution in [0.15, 0.2) is 24.3 Å². The molecule has 1 N–H and O–H groups in total. The quantitative estimate of drug-likeness (QED) is 0.491. The fraction of sp³-hybridized carbons (Fsp3) is 0.690. The zero-order valence-corrected chi connectivity index (χ0v) is 27.8. The molecule has 0 aromatic heterocycles. The summed E-state index contributed by atoms with van der Waals surface area (Å²) in [6.45, 7) is 2.65.